The van der Waals surface area contributed by atoms with Crippen LogP contribution in [0, 0.1) is 6.92 Å². The Morgan fingerprint density at radius 2 is 2.07 bits per heavy atom. The molecule has 238 valence electrons. The number of β-amino-alcohol motifs (C(OH)–C–C–N with tert-alkyl or cyclic N) is 1. The Balaban J connectivity index is 1.14. The fourth-order valence-electron chi connectivity index (χ4n) is 5.39. The number of aliphatic hydroxyl groups is 1. The maximum Gasteiger partial charge on any atom is 0.267 e. The molecule has 0 unspecified atom stereocenters. The van der Waals surface area contributed by atoms with Gasteiger partial charge in [0.05, 0.1) is 36.9 Å². The third kappa shape index (κ3) is 9.73. The van der Waals surface area contributed by atoms with Crippen molar-refractivity contribution in [3.05, 3.63) is 59.4 Å². The number of likely N-dealkylation sites (tertiary alicyclic amines) is 1. The lowest BCUT2D eigenvalue weighted by Crippen LogP contribution is -2.43. The molecule has 13 nitrogen and oxygen atoms in total. The summed E-state index contributed by atoms with van der Waals surface area (Å²) in [4.78, 5) is 41.1. The first kappa shape index (κ1) is 32.8. The van der Waals surface area contributed by atoms with Crippen molar-refractivity contribution in [1.82, 2.24) is 30.7 Å². The molecular weight excluding hydrogens is 564 g/mol. The number of amides is 2. The van der Waals surface area contributed by atoms with Crippen molar-refractivity contribution >= 4 is 24.0 Å². The van der Waals surface area contributed by atoms with Gasteiger partial charge in [0.15, 0.2) is 12.2 Å². The third-order valence-corrected chi connectivity index (χ3v) is 7.88. The number of aliphatic hydroxyl groups excluding tert-OH is 1. The quantitative estimate of drug-likeness (QED) is 0.149. The minimum atomic E-state index is -0.732. The predicted octanol–water partition coefficient (Wildman–Crippen LogP) is 1.16. The maximum atomic E-state index is 12.5. The third-order valence-electron chi connectivity index (χ3n) is 7.88. The molecule has 2 aromatic rings. The Bertz CT molecular complexity index is 1330. The second-order valence-electron chi connectivity index (χ2n) is 11.2. The summed E-state index contributed by atoms with van der Waals surface area (Å²) in [6.45, 7) is 12.0. The van der Waals surface area contributed by atoms with Gasteiger partial charge in [0.2, 0.25) is 5.91 Å². The Hall–Kier alpha value is -4.07. The topological polar surface area (TPSA) is 157 Å². The van der Waals surface area contributed by atoms with Crippen molar-refractivity contribution in [2.75, 3.05) is 46.3 Å². The van der Waals surface area contributed by atoms with E-state index >= 15 is 0 Å². The van der Waals surface area contributed by atoms with Crippen LogP contribution in [0.4, 0.5) is 0 Å². The van der Waals surface area contributed by atoms with E-state index in [0.29, 0.717) is 37.8 Å². The molecule has 0 saturated carbocycles. The molecule has 0 bridgehead atoms. The molecule has 4 rings (SSSR count). The highest BCUT2D eigenvalue weighted by atomic mass is 16.5. The number of fused-ring (bicyclic) bond motifs is 1. The SMILES string of the molecule is C=C(NC=NC(C)=NC1CCN(CC(=O)NC)CC1)C(=O)NC[C@H](O)CN1CCc2c(ccc(OCc3cnco3)c2C)C1. The smallest absolute Gasteiger partial charge is 0.267 e. The Morgan fingerprint density at radius 3 is 2.80 bits per heavy atom. The predicted molar refractivity (Wildman–Crippen MR) is 167 cm³/mol. The molecule has 0 aliphatic carbocycles. The van der Waals surface area contributed by atoms with E-state index in [4.69, 9.17) is 9.15 Å². The number of hydrogen-bond donors (Lipinski definition) is 4. The molecular formula is C31H44N8O5. The summed E-state index contributed by atoms with van der Waals surface area (Å²) in [6, 6.07) is 4.20. The van der Waals surface area contributed by atoms with Gasteiger partial charge < -0.3 is 30.2 Å². The highest BCUT2D eigenvalue weighted by Crippen LogP contribution is 2.30. The van der Waals surface area contributed by atoms with Crippen LogP contribution < -0.4 is 20.7 Å². The fraction of sp³-hybridized carbons (Fsp3) is 0.516. The first-order valence-corrected chi connectivity index (χ1v) is 15.0. The van der Waals surface area contributed by atoms with E-state index in [9.17, 15) is 14.7 Å². The van der Waals surface area contributed by atoms with Gasteiger partial charge in [-0.25, -0.2) is 9.98 Å². The summed E-state index contributed by atoms with van der Waals surface area (Å²) in [6.07, 6.45) is 6.26. The molecule has 2 aliphatic heterocycles. The number of nitrogens with one attached hydrogen (secondary N) is 3. The number of benzene rings is 1. The number of aromatic nitrogens is 1. The van der Waals surface area contributed by atoms with Gasteiger partial charge in [-0.1, -0.05) is 12.6 Å². The van der Waals surface area contributed by atoms with E-state index in [1.54, 1.807) is 13.2 Å². The molecule has 0 spiro atoms. The van der Waals surface area contributed by atoms with Gasteiger partial charge in [-0.3, -0.25) is 24.4 Å². The zero-order valence-electron chi connectivity index (χ0n) is 25.8. The summed E-state index contributed by atoms with van der Waals surface area (Å²) in [5.41, 5.74) is 3.72. The van der Waals surface area contributed by atoms with Crippen LogP contribution in [0.25, 0.3) is 0 Å². The molecule has 0 radical (unpaired) electrons. The average Bonchev–Trinajstić information content (AvgIpc) is 3.54. The molecule has 1 aromatic heterocycles. The van der Waals surface area contributed by atoms with E-state index in [0.717, 1.165) is 50.2 Å². The second-order valence-corrected chi connectivity index (χ2v) is 11.2. The number of ether oxygens (including phenoxy) is 1. The van der Waals surface area contributed by atoms with Gasteiger partial charge in [-0.2, -0.15) is 0 Å². The van der Waals surface area contributed by atoms with Gasteiger partial charge in [-0.15, -0.1) is 0 Å². The van der Waals surface area contributed by atoms with Crippen LogP contribution >= 0.6 is 0 Å². The van der Waals surface area contributed by atoms with Crippen molar-refractivity contribution in [3.63, 3.8) is 0 Å². The highest BCUT2D eigenvalue weighted by molar-refractivity contribution is 5.96. The lowest BCUT2D eigenvalue weighted by molar-refractivity contribution is -0.122. The van der Waals surface area contributed by atoms with E-state index < -0.39 is 12.0 Å². The molecule has 2 amide bonds. The molecule has 4 N–H and O–H groups in total. The highest BCUT2D eigenvalue weighted by Gasteiger charge is 2.23. The van der Waals surface area contributed by atoms with Crippen LogP contribution in [0.15, 0.2) is 51.4 Å². The van der Waals surface area contributed by atoms with Crippen LogP contribution in [-0.4, -0.2) is 102 Å². The van der Waals surface area contributed by atoms with Crippen LogP contribution in [0.5, 0.6) is 5.75 Å². The number of nitrogens with zero attached hydrogens (tertiary/aromatic N) is 5. The van der Waals surface area contributed by atoms with E-state index in [1.165, 1.54) is 23.9 Å². The van der Waals surface area contributed by atoms with E-state index in [-0.39, 0.29) is 24.2 Å². The monoisotopic (exact) mass is 608 g/mol. The molecule has 3 heterocycles. The summed E-state index contributed by atoms with van der Waals surface area (Å²) < 4.78 is 11.2. The number of aliphatic imine (C=N–C) groups is 2. The standard InChI is InChI=1S/C31H44N8O5/c1-21-28-9-12-39(15-24(28)5-6-29(21)43-18-27-14-33-20-44-27)16-26(40)13-34-31(42)22(2)35-19-36-23(3)37-25-7-10-38(11-8-25)17-30(41)32-4/h5-6,14,19-20,25-26,40H,2,7-13,15-18H2,1,3-4H3,(H,32,41)(H,34,42)(H,35,36,37)/t26-/m0/s1. The number of likely N-dealkylation sites (N-methyl/N-ethyl adjacent to an activating group) is 1. The first-order valence-electron chi connectivity index (χ1n) is 15.0. The van der Waals surface area contributed by atoms with Crippen molar-refractivity contribution in [2.24, 2.45) is 9.98 Å². The van der Waals surface area contributed by atoms with E-state index in [1.807, 2.05) is 13.0 Å². The van der Waals surface area contributed by atoms with Crippen molar-refractivity contribution in [3.8, 4) is 5.75 Å². The average molecular weight is 609 g/mol. The number of oxazole rings is 1. The molecule has 44 heavy (non-hydrogen) atoms. The molecule has 1 atom stereocenters. The Morgan fingerprint density at radius 1 is 1.27 bits per heavy atom. The largest absolute Gasteiger partial charge is 0.485 e. The summed E-state index contributed by atoms with van der Waals surface area (Å²) in [5, 5.41) is 18.8. The zero-order chi connectivity index (χ0) is 31.5. The number of carbonyl (C=O) groups is 2. The van der Waals surface area contributed by atoms with Crippen molar-refractivity contribution in [1.29, 1.82) is 0 Å². The summed E-state index contributed by atoms with van der Waals surface area (Å²) in [7, 11) is 1.64. The number of piperidine rings is 1. The number of amidine groups is 1. The lowest BCUT2D eigenvalue weighted by atomic mass is 9.94. The molecule has 2 aliphatic rings. The van der Waals surface area contributed by atoms with Crippen LogP contribution in [-0.2, 0) is 29.2 Å². The molecule has 1 fully saturated rings. The summed E-state index contributed by atoms with van der Waals surface area (Å²) >= 11 is 0. The second kappa shape index (κ2) is 16.1. The first-order chi connectivity index (χ1) is 21.2. The van der Waals surface area contributed by atoms with E-state index in [2.05, 4.69) is 60.3 Å². The normalized spacial score (nSPS) is 17.2. The molecule has 1 saturated heterocycles. The fourth-order valence-corrected chi connectivity index (χ4v) is 5.39. The van der Waals surface area contributed by atoms with Crippen LogP contribution in [0.2, 0.25) is 0 Å². The van der Waals surface area contributed by atoms with Crippen molar-refractivity contribution < 1.29 is 23.8 Å². The lowest BCUT2D eigenvalue weighted by Gasteiger charge is -2.31. The Kier molecular flexibility index (Phi) is 12.0. The molecule has 13 heteroatoms. The Labute approximate surface area is 258 Å². The van der Waals surface area contributed by atoms with Crippen molar-refractivity contribution in [2.45, 2.75) is 58.4 Å². The number of carbonyl (C=O) groups excluding carboxylic acids is 2. The summed E-state index contributed by atoms with van der Waals surface area (Å²) in [5.74, 6) is 1.70. The van der Waals surface area contributed by atoms with Gasteiger partial charge >= 0.3 is 0 Å². The maximum absolute atomic E-state index is 12.5. The van der Waals surface area contributed by atoms with Crippen LogP contribution in [0.1, 0.15) is 42.2 Å². The zero-order valence-corrected chi connectivity index (χ0v) is 25.8. The van der Waals surface area contributed by atoms with Gasteiger partial charge in [0.25, 0.3) is 5.91 Å². The van der Waals surface area contributed by atoms with Gasteiger partial charge in [0.1, 0.15) is 18.2 Å². The minimum absolute atomic E-state index is 0.0165. The van der Waals surface area contributed by atoms with Gasteiger partial charge in [0, 0.05) is 46.3 Å². The van der Waals surface area contributed by atoms with Crippen LogP contribution in [0.3, 0.4) is 0 Å². The van der Waals surface area contributed by atoms with Gasteiger partial charge in [-0.05, 0) is 55.9 Å². The minimum Gasteiger partial charge on any atom is -0.485 e. The molecule has 1 aromatic carbocycles. The number of rotatable bonds is 13. The number of hydrogen-bond acceptors (Lipinski definition) is 9.